The van der Waals surface area contributed by atoms with Crippen molar-refractivity contribution in [3.8, 4) is 0 Å². The van der Waals surface area contributed by atoms with Gasteiger partial charge in [-0.3, -0.25) is 4.90 Å². The van der Waals surface area contributed by atoms with E-state index >= 15 is 0 Å². The van der Waals surface area contributed by atoms with E-state index in [2.05, 4.69) is 11.8 Å². The van der Waals surface area contributed by atoms with Crippen molar-refractivity contribution in [1.82, 2.24) is 4.90 Å². The Morgan fingerprint density at radius 3 is 2.58 bits per heavy atom. The summed E-state index contributed by atoms with van der Waals surface area (Å²) in [7, 11) is 0. The molecule has 2 nitrogen and oxygen atoms in total. The van der Waals surface area contributed by atoms with Crippen molar-refractivity contribution in [2.45, 2.75) is 36.6 Å². The predicted molar refractivity (Wildman–Crippen MR) is 75.3 cm³/mol. The van der Waals surface area contributed by atoms with E-state index < -0.39 is 5.76 Å². The summed E-state index contributed by atoms with van der Waals surface area (Å²) in [5.74, 6) is -1.77. The molecule has 0 aromatic heterocycles. The second kappa shape index (κ2) is 6.68. The Balaban J connectivity index is 1.86. The first kappa shape index (κ1) is 14.8. The SMILES string of the molecule is C[C@@H](N)[C@H]1CCN(Cc2ccc(SC(F)F)cc2)C1. The molecule has 1 aromatic carbocycles. The standard InChI is InChI=1S/C14H20F2N2S/c1-10(17)12-6-7-18(9-12)8-11-2-4-13(5-3-11)19-14(15)16/h2-5,10,12,14H,6-9,17H2,1H3/t10-,12+/m1/s1. The number of nitrogens with zero attached hydrogens (tertiary/aromatic N) is 1. The third-order valence-electron chi connectivity index (χ3n) is 3.61. The Morgan fingerprint density at radius 2 is 2.05 bits per heavy atom. The first-order valence-electron chi connectivity index (χ1n) is 6.56. The quantitative estimate of drug-likeness (QED) is 0.843. The van der Waals surface area contributed by atoms with Gasteiger partial charge >= 0.3 is 0 Å². The summed E-state index contributed by atoms with van der Waals surface area (Å²) < 4.78 is 24.4. The Labute approximate surface area is 117 Å². The molecule has 1 heterocycles. The van der Waals surface area contributed by atoms with Gasteiger partial charge in [-0.25, -0.2) is 0 Å². The van der Waals surface area contributed by atoms with E-state index in [9.17, 15) is 8.78 Å². The van der Waals surface area contributed by atoms with Gasteiger partial charge in [-0.1, -0.05) is 23.9 Å². The van der Waals surface area contributed by atoms with Crippen LogP contribution in [0.3, 0.4) is 0 Å². The lowest BCUT2D eigenvalue weighted by Crippen LogP contribution is -2.29. The van der Waals surface area contributed by atoms with E-state index in [4.69, 9.17) is 5.73 Å². The van der Waals surface area contributed by atoms with E-state index in [-0.39, 0.29) is 6.04 Å². The lowest BCUT2D eigenvalue weighted by molar-refractivity contribution is 0.252. The first-order chi connectivity index (χ1) is 9.04. The van der Waals surface area contributed by atoms with Crippen molar-refractivity contribution in [1.29, 1.82) is 0 Å². The first-order valence-corrected chi connectivity index (χ1v) is 7.44. The molecule has 1 aliphatic heterocycles. The molecule has 0 unspecified atom stereocenters. The van der Waals surface area contributed by atoms with Crippen LogP contribution in [0.4, 0.5) is 8.78 Å². The van der Waals surface area contributed by atoms with Crippen molar-refractivity contribution in [3.63, 3.8) is 0 Å². The molecule has 5 heteroatoms. The molecule has 19 heavy (non-hydrogen) atoms. The van der Waals surface area contributed by atoms with E-state index in [1.54, 1.807) is 12.1 Å². The van der Waals surface area contributed by atoms with Crippen molar-refractivity contribution < 1.29 is 8.78 Å². The second-order valence-electron chi connectivity index (χ2n) is 5.17. The zero-order chi connectivity index (χ0) is 13.8. The van der Waals surface area contributed by atoms with Gasteiger partial charge < -0.3 is 5.73 Å². The highest BCUT2D eigenvalue weighted by Crippen LogP contribution is 2.26. The van der Waals surface area contributed by atoms with Gasteiger partial charge in [0.2, 0.25) is 0 Å². The van der Waals surface area contributed by atoms with Crippen LogP contribution in [-0.4, -0.2) is 29.8 Å². The van der Waals surface area contributed by atoms with Crippen LogP contribution in [0.15, 0.2) is 29.2 Å². The summed E-state index contributed by atoms with van der Waals surface area (Å²) in [4.78, 5) is 3.00. The molecule has 0 radical (unpaired) electrons. The fourth-order valence-corrected chi connectivity index (χ4v) is 2.97. The lowest BCUT2D eigenvalue weighted by atomic mass is 10.0. The summed E-state index contributed by atoms with van der Waals surface area (Å²) in [6.45, 7) is 5.04. The van der Waals surface area contributed by atoms with Crippen LogP contribution in [0.5, 0.6) is 0 Å². The molecule has 1 aliphatic rings. The van der Waals surface area contributed by atoms with Crippen LogP contribution < -0.4 is 5.73 Å². The molecule has 0 bridgehead atoms. The summed E-state index contributed by atoms with van der Waals surface area (Å²) in [6.07, 6.45) is 1.15. The van der Waals surface area contributed by atoms with Crippen LogP contribution in [0.1, 0.15) is 18.9 Å². The van der Waals surface area contributed by atoms with Gasteiger partial charge in [-0.15, -0.1) is 0 Å². The monoisotopic (exact) mass is 286 g/mol. The number of halogens is 2. The summed E-state index contributed by atoms with van der Waals surface area (Å²) in [5.41, 5.74) is 7.09. The minimum Gasteiger partial charge on any atom is -0.328 e. The maximum Gasteiger partial charge on any atom is 0.288 e. The number of hydrogen-bond donors (Lipinski definition) is 1. The van der Waals surface area contributed by atoms with Gasteiger partial charge in [0.1, 0.15) is 0 Å². The van der Waals surface area contributed by atoms with E-state index in [0.717, 1.165) is 26.1 Å². The zero-order valence-electron chi connectivity index (χ0n) is 11.1. The molecule has 2 rings (SSSR count). The zero-order valence-corrected chi connectivity index (χ0v) is 11.9. The average Bonchev–Trinajstić information content (AvgIpc) is 2.80. The number of thioether (sulfide) groups is 1. The van der Waals surface area contributed by atoms with Crippen LogP contribution in [0.2, 0.25) is 0 Å². The Kier molecular flexibility index (Phi) is 5.19. The molecular weight excluding hydrogens is 266 g/mol. The van der Waals surface area contributed by atoms with Gasteiger partial charge in [0.05, 0.1) is 0 Å². The lowest BCUT2D eigenvalue weighted by Gasteiger charge is -2.18. The number of hydrogen-bond acceptors (Lipinski definition) is 3. The van der Waals surface area contributed by atoms with Gasteiger partial charge in [0, 0.05) is 24.0 Å². The van der Waals surface area contributed by atoms with Crippen molar-refractivity contribution in [3.05, 3.63) is 29.8 Å². The normalized spacial score (nSPS) is 22.1. The van der Waals surface area contributed by atoms with Crippen LogP contribution in [0, 0.1) is 5.92 Å². The number of alkyl halides is 2. The molecule has 0 aliphatic carbocycles. The second-order valence-corrected chi connectivity index (χ2v) is 6.23. The van der Waals surface area contributed by atoms with Crippen LogP contribution >= 0.6 is 11.8 Å². The molecule has 0 amide bonds. The third-order valence-corrected chi connectivity index (χ3v) is 4.33. The largest absolute Gasteiger partial charge is 0.328 e. The maximum atomic E-state index is 12.2. The van der Waals surface area contributed by atoms with E-state index in [0.29, 0.717) is 22.6 Å². The minimum atomic E-state index is -2.35. The van der Waals surface area contributed by atoms with E-state index in [1.807, 2.05) is 12.1 Å². The van der Waals surface area contributed by atoms with Gasteiger partial charge in [-0.2, -0.15) is 8.78 Å². The van der Waals surface area contributed by atoms with Crippen LogP contribution in [0.25, 0.3) is 0 Å². The molecule has 1 saturated heterocycles. The summed E-state index contributed by atoms with van der Waals surface area (Å²) >= 11 is 0.591. The number of rotatable bonds is 5. The highest BCUT2D eigenvalue weighted by Gasteiger charge is 2.24. The minimum absolute atomic E-state index is 0.245. The number of nitrogens with two attached hydrogens (primary N) is 1. The Bertz CT molecular complexity index is 395. The Morgan fingerprint density at radius 1 is 1.37 bits per heavy atom. The molecule has 2 atom stereocenters. The molecule has 0 saturated carbocycles. The third kappa shape index (κ3) is 4.44. The van der Waals surface area contributed by atoms with Crippen molar-refractivity contribution in [2.75, 3.05) is 13.1 Å². The molecule has 1 fully saturated rings. The highest BCUT2D eigenvalue weighted by atomic mass is 32.2. The average molecular weight is 286 g/mol. The van der Waals surface area contributed by atoms with E-state index in [1.165, 1.54) is 5.56 Å². The molecule has 1 aromatic rings. The summed E-state index contributed by atoms with van der Waals surface area (Å²) in [5, 5.41) is 0. The molecular formula is C14H20F2N2S. The smallest absolute Gasteiger partial charge is 0.288 e. The molecule has 106 valence electrons. The van der Waals surface area contributed by atoms with Crippen molar-refractivity contribution >= 4 is 11.8 Å². The fourth-order valence-electron chi connectivity index (χ4n) is 2.47. The van der Waals surface area contributed by atoms with Crippen molar-refractivity contribution in [2.24, 2.45) is 11.7 Å². The summed E-state index contributed by atoms with van der Waals surface area (Å²) in [6, 6.07) is 7.65. The Hall–Kier alpha value is -0.650. The molecule has 2 N–H and O–H groups in total. The van der Waals surface area contributed by atoms with Crippen LogP contribution in [-0.2, 0) is 6.54 Å². The fraction of sp³-hybridized carbons (Fsp3) is 0.571. The maximum absolute atomic E-state index is 12.2. The number of benzene rings is 1. The van der Waals surface area contributed by atoms with Gasteiger partial charge in [-0.05, 0) is 43.5 Å². The molecule has 0 spiro atoms. The van der Waals surface area contributed by atoms with Gasteiger partial charge in [0.25, 0.3) is 5.76 Å². The topological polar surface area (TPSA) is 29.3 Å². The number of likely N-dealkylation sites (tertiary alicyclic amines) is 1. The predicted octanol–water partition coefficient (Wildman–Crippen LogP) is 3.17. The van der Waals surface area contributed by atoms with Gasteiger partial charge in [0.15, 0.2) is 0 Å². The highest BCUT2D eigenvalue weighted by molar-refractivity contribution is 7.99.